The van der Waals surface area contributed by atoms with Gasteiger partial charge < -0.3 is 14.9 Å². The van der Waals surface area contributed by atoms with E-state index in [-0.39, 0.29) is 5.75 Å². The third-order valence-corrected chi connectivity index (χ3v) is 5.52. The summed E-state index contributed by atoms with van der Waals surface area (Å²) in [6, 6.07) is 10.1. The van der Waals surface area contributed by atoms with Gasteiger partial charge in [0.25, 0.3) is 0 Å². The van der Waals surface area contributed by atoms with Crippen molar-refractivity contribution >= 4 is 5.82 Å². The van der Waals surface area contributed by atoms with Gasteiger partial charge in [0, 0.05) is 24.7 Å². The van der Waals surface area contributed by atoms with Crippen LogP contribution in [-0.4, -0.2) is 52.9 Å². The van der Waals surface area contributed by atoms with E-state index in [1.165, 1.54) is 19.4 Å². The fourth-order valence-electron chi connectivity index (χ4n) is 4.18. The highest BCUT2D eigenvalue weighted by molar-refractivity contribution is 5.70. The molecule has 0 amide bonds. The summed E-state index contributed by atoms with van der Waals surface area (Å²) in [5, 5.41) is 19.0. The van der Waals surface area contributed by atoms with Crippen molar-refractivity contribution in [3.63, 3.8) is 0 Å². The number of fused-ring (bicyclic) bond motifs is 1. The van der Waals surface area contributed by atoms with E-state index in [0.29, 0.717) is 6.04 Å². The molecule has 2 fully saturated rings. The molecule has 1 N–H and O–H groups in total. The van der Waals surface area contributed by atoms with Gasteiger partial charge in [-0.2, -0.15) is 0 Å². The smallest absolute Gasteiger partial charge is 0.151 e. The maximum atomic E-state index is 10.1. The van der Waals surface area contributed by atoms with Crippen LogP contribution in [0.25, 0.3) is 11.3 Å². The average molecular weight is 324 g/mol. The molecule has 24 heavy (non-hydrogen) atoms. The van der Waals surface area contributed by atoms with Gasteiger partial charge in [0.2, 0.25) is 0 Å². The SMILES string of the molecule is Cc1cccc(O)c1-c1ccc(N2CCC3CCN(C)CC32)nn1. The highest BCUT2D eigenvalue weighted by Crippen LogP contribution is 2.35. The number of likely N-dealkylation sites (N-methyl/N-ethyl adjacent to an activating group) is 1. The molecule has 5 nitrogen and oxygen atoms in total. The maximum Gasteiger partial charge on any atom is 0.151 e. The number of nitrogens with zero attached hydrogens (tertiary/aromatic N) is 4. The number of hydrogen-bond donors (Lipinski definition) is 1. The van der Waals surface area contributed by atoms with Gasteiger partial charge in [-0.05, 0) is 63.0 Å². The van der Waals surface area contributed by atoms with Crippen molar-refractivity contribution in [1.29, 1.82) is 0 Å². The monoisotopic (exact) mass is 324 g/mol. The molecule has 126 valence electrons. The van der Waals surface area contributed by atoms with Crippen molar-refractivity contribution in [3.05, 3.63) is 35.9 Å². The number of phenols is 1. The molecular weight excluding hydrogens is 300 g/mol. The molecule has 0 spiro atoms. The summed E-state index contributed by atoms with van der Waals surface area (Å²) in [5.74, 6) is 1.99. The number of likely N-dealkylation sites (tertiary alicyclic amines) is 1. The van der Waals surface area contributed by atoms with Crippen LogP contribution in [0.3, 0.4) is 0 Å². The van der Waals surface area contributed by atoms with E-state index < -0.39 is 0 Å². The normalized spacial score (nSPS) is 24.2. The quantitative estimate of drug-likeness (QED) is 0.920. The first-order valence-electron chi connectivity index (χ1n) is 8.71. The zero-order chi connectivity index (χ0) is 16.7. The molecule has 0 bridgehead atoms. The molecule has 2 aliphatic heterocycles. The summed E-state index contributed by atoms with van der Waals surface area (Å²) in [4.78, 5) is 4.82. The van der Waals surface area contributed by atoms with Crippen molar-refractivity contribution in [1.82, 2.24) is 15.1 Å². The van der Waals surface area contributed by atoms with Gasteiger partial charge in [-0.15, -0.1) is 10.2 Å². The summed E-state index contributed by atoms with van der Waals surface area (Å²) in [5.41, 5.74) is 2.51. The number of rotatable bonds is 2. The van der Waals surface area contributed by atoms with Crippen LogP contribution < -0.4 is 4.90 Å². The number of phenolic OH excluding ortho intramolecular Hbond substituents is 1. The van der Waals surface area contributed by atoms with Gasteiger partial charge in [0.1, 0.15) is 5.75 Å². The second-order valence-corrected chi connectivity index (χ2v) is 7.11. The molecule has 2 saturated heterocycles. The highest BCUT2D eigenvalue weighted by atomic mass is 16.3. The minimum Gasteiger partial charge on any atom is -0.507 e. The minimum absolute atomic E-state index is 0.257. The molecule has 0 saturated carbocycles. The molecule has 2 aromatic rings. The maximum absolute atomic E-state index is 10.1. The highest BCUT2D eigenvalue weighted by Gasteiger charge is 2.38. The van der Waals surface area contributed by atoms with Crippen molar-refractivity contribution < 1.29 is 5.11 Å². The average Bonchev–Trinajstić information content (AvgIpc) is 2.98. The fourth-order valence-corrected chi connectivity index (χ4v) is 4.18. The van der Waals surface area contributed by atoms with Crippen LogP contribution in [0, 0.1) is 12.8 Å². The lowest BCUT2D eigenvalue weighted by Gasteiger charge is -2.36. The molecule has 3 heterocycles. The summed E-state index contributed by atoms with van der Waals surface area (Å²) in [6.07, 6.45) is 2.53. The molecule has 2 atom stereocenters. The number of piperidine rings is 1. The first kappa shape index (κ1) is 15.4. The first-order valence-corrected chi connectivity index (χ1v) is 8.71. The second kappa shape index (κ2) is 6.06. The Balaban J connectivity index is 1.60. The Morgan fingerprint density at radius 3 is 2.67 bits per heavy atom. The number of aryl methyl sites for hydroxylation is 1. The van der Waals surface area contributed by atoms with Gasteiger partial charge in [-0.25, -0.2) is 0 Å². The van der Waals surface area contributed by atoms with Crippen molar-refractivity contribution in [3.8, 4) is 17.0 Å². The Hall–Kier alpha value is -2.14. The Bertz CT molecular complexity index is 710. The number of aromatic nitrogens is 2. The summed E-state index contributed by atoms with van der Waals surface area (Å²) >= 11 is 0. The van der Waals surface area contributed by atoms with Crippen molar-refractivity contribution in [2.75, 3.05) is 31.6 Å². The van der Waals surface area contributed by atoms with E-state index in [1.807, 2.05) is 31.2 Å². The molecule has 5 heteroatoms. The zero-order valence-electron chi connectivity index (χ0n) is 14.3. The van der Waals surface area contributed by atoms with Gasteiger partial charge in [0.05, 0.1) is 5.69 Å². The van der Waals surface area contributed by atoms with Crippen LogP contribution in [0.4, 0.5) is 5.82 Å². The summed E-state index contributed by atoms with van der Waals surface area (Å²) in [7, 11) is 2.20. The van der Waals surface area contributed by atoms with E-state index in [2.05, 4.69) is 27.0 Å². The van der Waals surface area contributed by atoms with Crippen LogP contribution in [-0.2, 0) is 0 Å². The zero-order valence-corrected chi connectivity index (χ0v) is 14.3. The minimum atomic E-state index is 0.257. The number of anilines is 1. The van der Waals surface area contributed by atoms with E-state index in [0.717, 1.165) is 41.6 Å². The molecule has 1 aromatic heterocycles. The van der Waals surface area contributed by atoms with Crippen LogP contribution in [0.2, 0.25) is 0 Å². The molecule has 0 radical (unpaired) electrons. The predicted molar refractivity (Wildman–Crippen MR) is 95.2 cm³/mol. The van der Waals surface area contributed by atoms with Crippen LogP contribution >= 0.6 is 0 Å². The fraction of sp³-hybridized carbons (Fsp3) is 0.474. The standard InChI is InChI=1S/C19H24N4O/c1-13-4-3-5-17(24)19(13)15-6-7-18(21-20-15)23-11-9-14-8-10-22(2)12-16(14)23/h3-7,14,16,24H,8-12H2,1-2H3. The molecule has 2 unspecified atom stereocenters. The molecule has 4 rings (SSSR count). The van der Waals surface area contributed by atoms with E-state index in [1.54, 1.807) is 6.07 Å². The van der Waals surface area contributed by atoms with E-state index >= 15 is 0 Å². The number of aromatic hydroxyl groups is 1. The largest absolute Gasteiger partial charge is 0.507 e. The van der Waals surface area contributed by atoms with E-state index in [4.69, 9.17) is 0 Å². The third-order valence-electron chi connectivity index (χ3n) is 5.52. The summed E-state index contributed by atoms with van der Waals surface area (Å²) < 4.78 is 0. The Labute approximate surface area is 142 Å². The van der Waals surface area contributed by atoms with Crippen molar-refractivity contribution in [2.45, 2.75) is 25.8 Å². The van der Waals surface area contributed by atoms with Crippen LogP contribution in [0.15, 0.2) is 30.3 Å². The lowest BCUT2D eigenvalue weighted by atomic mass is 9.92. The Kier molecular flexibility index (Phi) is 3.88. The second-order valence-electron chi connectivity index (χ2n) is 7.11. The third kappa shape index (κ3) is 2.63. The van der Waals surface area contributed by atoms with Crippen LogP contribution in [0.5, 0.6) is 5.75 Å². The van der Waals surface area contributed by atoms with E-state index in [9.17, 15) is 5.11 Å². The topological polar surface area (TPSA) is 52.5 Å². The predicted octanol–water partition coefficient (Wildman–Crippen LogP) is 2.69. The molecule has 1 aromatic carbocycles. The van der Waals surface area contributed by atoms with Crippen LogP contribution in [0.1, 0.15) is 18.4 Å². The van der Waals surface area contributed by atoms with Gasteiger partial charge in [-0.1, -0.05) is 12.1 Å². The summed E-state index contributed by atoms with van der Waals surface area (Å²) in [6.45, 7) is 5.35. The first-order chi connectivity index (χ1) is 11.6. The number of benzene rings is 1. The lowest BCUT2D eigenvalue weighted by molar-refractivity contribution is 0.207. The van der Waals surface area contributed by atoms with Crippen molar-refractivity contribution in [2.24, 2.45) is 5.92 Å². The van der Waals surface area contributed by atoms with Gasteiger partial charge in [0.15, 0.2) is 5.82 Å². The molecule has 2 aliphatic rings. The molecule has 0 aliphatic carbocycles. The lowest BCUT2D eigenvalue weighted by Crippen LogP contribution is -2.47. The Morgan fingerprint density at radius 2 is 1.92 bits per heavy atom. The number of hydrogen-bond acceptors (Lipinski definition) is 5. The van der Waals surface area contributed by atoms with Gasteiger partial charge in [-0.3, -0.25) is 0 Å². The Morgan fingerprint density at radius 1 is 1.08 bits per heavy atom. The van der Waals surface area contributed by atoms with Gasteiger partial charge >= 0.3 is 0 Å². The molecular formula is C19H24N4O.